The second-order valence-corrected chi connectivity index (χ2v) is 5.51. The molecule has 1 aromatic rings. The van der Waals surface area contributed by atoms with Crippen molar-refractivity contribution in [1.82, 2.24) is 9.71 Å². The average molecular weight is 297 g/mol. The molecule has 0 aromatic carbocycles. The molecule has 0 spiro atoms. The molecule has 0 atom stereocenters. The standard InChI is InChI=1S/C10H14F3N3O2S/c1-2-4-14-9-6-8(3-5-15-9)19(17,18)16-7-10(11,12)13/h3,5-6,16H,2,4,7H2,1H3,(H,14,15). The molecule has 0 amide bonds. The number of sulfonamides is 1. The van der Waals surface area contributed by atoms with Gasteiger partial charge in [0.1, 0.15) is 12.4 Å². The first kappa shape index (κ1) is 15.7. The number of pyridine rings is 1. The summed E-state index contributed by atoms with van der Waals surface area (Å²) < 4.78 is 60.8. The molecule has 0 radical (unpaired) electrons. The van der Waals surface area contributed by atoms with Crippen LogP contribution in [0.5, 0.6) is 0 Å². The molecule has 19 heavy (non-hydrogen) atoms. The second kappa shape index (κ2) is 6.20. The van der Waals surface area contributed by atoms with E-state index in [2.05, 4.69) is 10.3 Å². The van der Waals surface area contributed by atoms with Crippen molar-refractivity contribution in [2.75, 3.05) is 18.4 Å². The Balaban J connectivity index is 2.83. The molecule has 1 heterocycles. The monoisotopic (exact) mass is 297 g/mol. The van der Waals surface area contributed by atoms with E-state index >= 15 is 0 Å². The number of nitrogens with one attached hydrogen (secondary N) is 2. The van der Waals surface area contributed by atoms with Crippen LogP contribution in [0.25, 0.3) is 0 Å². The number of rotatable bonds is 6. The van der Waals surface area contributed by atoms with E-state index in [1.165, 1.54) is 17.0 Å². The van der Waals surface area contributed by atoms with Crippen LogP contribution in [0.4, 0.5) is 19.0 Å². The second-order valence-electron chi connectivity index (χ2n) is 3.74. The zero-order chi connectivity index (χ0) is 14.5. The number of alkyl halides is 3. The minimum Gasteiger partial charge on any atom is -0.370 e. The van der Waals surface area contributed by atoms with Crippen LogP contribution in [-0.4, -0.2) is 32.7 Å². The number of anilines is 1. The van der Waals surface area contributed by atoms with Gasteiger partial charge in [-0.2, -0.15) is 13.2 Å². The smallest absolute Gasteiger partial charge is 0.370 e. The first-order valence-electron chi connectivity index (χ1n) is 5.51. The van der Waals surface area contributed by atoms with Gasteiger partial charge in [0.15, 0.2) is 0 Å². The molecule has 0 aliphatic rings. The molecule has 0 aliphatic carbocycles. The van der Waals surface area contributed by atoms with Gasteiger partial charge in [-0.15, -0.1) is 0 Å². The van der Waals surface area contributed by atoms with E-state index in [9.17, 15) is 21.6 Å². The highest BCUT2D eigenvalue weighted by Crippen LogP contribution is 2.16. The van der Waals surface area contributed by atoms with Crippen LogP contribution in [0.15, 0.2) is 23.2 Å². The van der Waals surface area contributed by atoms with Crippen LogP contribution in [-0.2, 0) is 10.0 Å². The summed E-state index contributed by atoms with van der Waals surface area (Å²) >= 11 is 0. The van der Waals surface area contributed by atoms with Crippen molar-refractivity contribution >= 4 is 15.8 Å². The lowest BCUT2D eigenvalue weighted by atomic mass is 10.4. The SMILES string of the molecule is CCCNc1cc(S(=O)(=O)NCC(F)(F)F)ccn1. The van der Waals surface area contributed by atoms with E-state index in [0.29, 0.717) is 12.4 Å². The van der Waals surface area contributed by atoms with Gasteiger partial charge in [-0.25, -0.2) is 18.1 Å². The van der Waals surface area contributed by atoms with Gasteiger partial charge in [0.2, 0.25) is 10.0 Å². The van der Waals surface area contributed by atoms with Gasteiger partial charge in [0, 0.05) is 18.8 Å². The normalized spacial score (nSPS) is 12.4. The van der Waals surface area contributed by atoms with E-state index in [0.717, 1.165) is 12.5 Å². The molecule has 5 nitrogen and oxygen atoms in total. The number of halogens is 3. The van der Waals surface area contributed by atoms with Crippen LogP contribution in [0, 0.1) is 0 Å². The van der Waals surface area contributed by atoms with E-state index < -0.39 is 22.7 Å². The third kappa shape index (κ3) is 5.43. The third-order valence-electron chi connectivity index (χ3n) is 2.06. The van der Waals surface area contributed by atoms with Crippen LogP contribution >= 0.6 is 0 Å². The van der Waals surface area contributed by atoms with Gasteiger partial charge in [-0.3, -0.25) is 0 Å². The number of hydrogen-bond donors (Lipinski definition) is 2. The van der Waals surface area contributed by atoms with E-state index in [1.54, 1.807) is 0 Å². The lowest BCUT2D eigenvalue weighted by Crippen LogP contribution is -2.33. The van der Waals surface area contributed by atoms with Crippen molar-refractivity contribution in [2.45, 2.75) is 24.4 Å². The molecule has 0 saturated heterocycles. The van der Waals surface area contributed by atoms with Crippen molar-refractivity contribution in [3.05, 3.63) is 18.3 Å². The zero-order valence-corrected chi connectivity index (χ0v) is 11.0. The first-order valence-corrected chi connectivity index (χ1v) is 6.99. The maximum atomic E-state index is 12.0. The summed E-state index contributed by atoms with van der Waals surface area (Å²) in [7, 11) is -4.19. The van der Waals surface area contributed by atoms with Crippen LogP contribution < -0.4 is 10.0 Å². The predicted molar refractivity (Wildman–Crippen MR) is 64.3 cm³/mol. The minimum absolute atomic E-state index is 0.259. The summed E-state index contributed by atoms with van der Waals surface area (Å²) in [5.41, 5.74) is 0. The highest BCUT2D eigenvalue weighted by molar-refractivity contribution is 7.89. The van der Waals surface area contributed by atoms with Gasteiger partial charge in [-0.05, 0) is 12.5 Å². The summed E-state index contributed by atoms with van der Waals surface area (Å²) in [6.45, 7) is 0.903. The topological polar surface area (TPSA) is 71.1 Å². The Kier molecular flexibility index (Phi) is 5.12. The molecule has 0 fully saturated rings. The molecule has 0 saturated carbocycles. The summed E-state index contributed by atoms with van der Waals surface area (Å²) in [6.07, 6.45) is -2.56. The van der Waals surface area contributed by atoms with Crippen molar-refractivity contribution in [1.29, 1.82) is 0 Å². The molecular weight excluding hydrogens is 283 g/mol. The van der Waals surface area contributed by atoms with E-state index in [-0.39, 0.29) is 4.90 Å². The molecule has 0 bridgehead atoms. The maximum absolute atomic E-state index is 12.0. The number of aromatic nitrogens is 1. The van der Waals surface area contributed by atoms with Crippen molar-refractivity contribution in [2.24, 2.45) is 0 Å². The quantitative estimate of drug-likeness (QED) is 0.839. The van der Waals surface area contributed by atoms with Crippen molar-refractivity contribution in [3.8, 4) is 0 Å². The molecule has 9 heteroatoms. The maximum Gasteiger partial charge on any atom is 0.402 e. The summed E-state index contributed by atoms with van der Waals surface area (Å²) in [4.78, 5) is 3.61. The van der Waals surface area contributed by atoms with Gasteiger partial charge >= 0.3 is 6.18 Å². The minimum atomic E-state index is -4.59. The van der Waals surface area contributed by atoms with Gasteiger partial charge in [0.25, 0.3) is 0 Å². The lowest BCUT2D eigenvalue weighted by Gasteiger charge is -2.10. The van der Waals surface area contributed by atoms with Crippen LogP contribution in [0.1, 0.15) is 13.3 Å². The van der Waals surface area contributed by atoms with Gasteiger partial charge in [0.05, 0.1) is 4.90 Å². The Morgan fingerprint density at radius 3 is 2.63 bits per heavy atom. The molecular formula is C10H14F3N3O2S. The lowest BCUT2D eigenvalue weighted by molar-refractivity contribution is -0.121. The van der Waals surface area contributed by atoms with E-state index in [1.807, 2.05) is 6.92 Å². The van der Waals surface area contributed by atoms with E-state index in [4.69, 9.17) is 0 Å². The Morgan fingerprint density at radius 2 is 2.05 bits per heavy atom. The van der Waals surface area contributed by atoms with Crippen LogP contribution in [0.2, 0.25) is 0 Å². The Morgan fingerprint density at radius 1 is 1.37 bits per heavy atom. The Hall–Kier alpha value is -1.35. The molecule has 108 valence electrons. The number of hydrogen-bond acceptors (Lipinski definition) is 4. The fourth-order valence-corrected chi connectivity index (χ4v) is 2.22. The highest BCUT2D eigenvalue weighted by Gasteiger charge is 2.30. The first-order chi connectivity index (χ1) is 8.74. The average Bonchev–Trinajstić information content (AvgIpc) is 2.34. The fourth-order valence-electron chi connectivity index (χ4n) is 1.19. The molecule has 1 rings (SSSR count). The predicted octanol–water partition coefficient (Wildman–Crippen LogP) is 1.74. The summed E-state index contributed by atoms with van der Waals surface area (Å²) in [6, 6.07) is 2.32. The Bertz CT molecular complexity index is 517. The summed E-state index contributed by atoms with van der Waals surface area (Å²) in [5.74, 6) is 0.303. The zero-order valence-electron chi connectivity index (χ0n) is 10.2. The van der Waals surface area contributed by atoms with Crippen molar-refractivity contribution < 1.29 is 21.6 Å². The van der Waals surface area contributed by atoms with Crippen LogP contribution in [0.3, 0.4) is 0 Å². The van der Waals surface area contributed by atoms with Gasteiger partial charge in [-0.1, -0.05) is 6.92 Å². The Labute approximate surface area is 109 Å². The molecule has 2 N–H and O–H groups in total. The fraction of sp³-hybridized carbons (Fsp3) is 0.500. The largest absolute Gasteiger partial charge is 0.402 e. The number of nitrogens with zero attached hydrogens (tertiary/aromatic N) is 1. The summed E-state index contributed by atoms with van der Waals surface area (Å²) in [5, 5.41) is 2.85. The molecule has 0 unspecified atom stereocenters. The van der Waals surface area contributed by atoms with Crippen molar-refractivity contribution in [3.63, 3.8) is 0 Å². The molecule has 1 aromatic heterocycles. The highest BCUT2D eigenvalue weighted by atomic mass is 32.2. The third-order valence-corrected chi connectivity index (χ3v) is 3.46. The van der Waals surface area contributed by atoms with Gasteiger partial charge < -0.3 is 5.32 Å². The molecule has 0 aliphatic heterocycles.